The van der Waals surface area contributed by atoms with Crippen LogP contribution in [0.1, 0.15) is 6.42 Å². The predicted octanol–water partition coefficient (Wildman–Crippen LogP) is 2.24. The molecule has 1 aromatic carbocycles. The van der Waals surface area contributed by atoms with Crippen molar-refractivity contribution in [1.29, 1.82) is 0 Å². The Labute approximate surface area is 117 Å². The standard InChI is InChI=1S/C13H17ClN2OS/c14-11-3-1-2-4-12(11)18-9-13(17)16-6-5-10(7-15)8-16/h1-4,10H,5-9,15H2. The van der Waals surface area contributed by atoms with E-state index >= 15 is 0 Å². The molecular formula is C13H17ClN2OS. The Kier molecular flexibility index (Phi) is 4.92. The maximum atomic E-state index is 12.0. The summed E-state index contributed by atoms with van der Waals surface area (Å²) in [4.78, 5) is 14.9. The molecule has 1 amide bonds. The molecule has 0 radical (unpaired) electrons. The van der Waals surface area contributed by atoms with E-state index in [-0.39, 0.29) is 5.91 Å². The topological polar surface area (TPSA) is 46.3 Å². The van der Waals surface area contributed by atoms with Gasteiger partial charge in [-0.15, -0.1) is 11.8 Å². The fourth-order valence-electron chi connectivity index (χ4n) is 2.04. The smallest absolute Gasteiger partial charge is 0.232 e. The number of amides is 1. The predicted molar refractivity (Wildman–Crippen MR) is 75.9 cm³/mol. The molecule has 1 atom stereocenters. The molecule has 0 bridgehead atoms. The molecule has 1 heterocycles. The highest BCUT2D eigenvalue weighted by atomic mass is 35.5. The van der Waals surface area contributed by atoms with Crippen molar-refractivity contribution in [1.82, 2.24) is 4.90 Å². The molecular weight excluding hydrogens is 268 g/mol. The fourth-order valence-corrected chi connectivity index (χ4v) is 3.19. The summed E-state index contributed by atoms with van der Waals surface area (Å²) in [7, 11) is 0. The molecule has 0 saturated carbocycles. The Bertz CT molecular complexity index is 427. The largest absolute Gasteiger partial charge is 0.342 e. The lowest BCUT2D eigenvalue weighted by molar-refractivity contribution is -0.127. The summed E-state index contributed by atoms with van der Waals surface area (Å²) in [5.41, 5.74) is 5.62. The Balaban J connectivity index is 1.84. The van der Waals surface area contributed by atoms with Crippen molar-refractivity contribution < 1.29 is 4.79 Å². The molecule has 1 saturated heterocycles. The highest BCUT2D eigenvalue weighted by Crippen LogP contribution is 2.27. The van der Waals surface area contributed by atoms with Crippen LogP contribution in [0.25, 0.3) is 0 Å². The lowest BCUT2D eigenvalue weighted by atomic mass is 10.1. The van der Waals surface area contributed by atoms with Gasteiger partial charge < -0.3 is 10.6 Å². The molecule has 5 heteroatoms. The maximum absolute atomic E-state index is 12.0. The van der Waals surface area contributed by atoms with Crippen LogP contribution in [0, 0.1) is 5.92 Å². The highest BCUT2D eigenvalue weighted by Gasteiger charge is 2.24. The molecule has 98 valence electrons. The van der Waals surface area contributed by atoms with Crippen LogP contribution in [0.2, 0.25) is 5.02 Å². The van der Waals surface area contributed by atoms with Gasteiger partial charge in [-0.05, 0) is 31.0 Å². The van der Waals surface area contributed by atoms with Crippen LogP contribution in [-0.2, 0) is 4.79 Å². The molecule has 3 nitrogen and oxygen atoms in total. The van der Waals surface area contributed by atoms with E-state index in [0.717, 1.165) is 24.4 Å². The van der Waals surface area contributed by atoms with Gasteiger partial charge in [0.25, 0.3) is 0 Å². The molecule has 18 heavy (non-hydrogen) atoms. The number of nitrogens with zero attached hydrogens (tertiary/aromatic N) is 1. The summed E-state index contributed by atoms with van der Waals surface area (Å²) in [5, 5.41) is 0.705. The van der Waals surface area contributed by atoms with Gasteiger partial charge in [0.2, 0.25) is 5.91 Å². The Hall–Kier alpha value is -0.710. The Morgan fingerprint density at radius 3 is 2.94 bits per heavy atom. The molecule has 1 fully saturated rings. The van der Waals surface area contributed by atoms with Gasteiger partial charge in [-0.2, -0.15) is 0 Å². The van der Waals surface area contributed by atoms with Crippen molar-refractivity contribution >= 4 is 29.3 Å². The van der Waals surface area contributed by atoms with Crippen molar-refractivity contribution in [2.24, 2.45) is 11.7 Å². The van der Waals surface area contributed by atoms with E-state index in [0.29, 0.717) is 23.2 Å². The fraction of sp³-hybridized carbons (Fsp3) is 0.462. The normalized spacial score (nSPS) is 19.2. The summed E-state index contributed by atoms with van der Waals surface area (Å²) in [6.07, 6.45) is 1.03. The number of halogens is 1. The first-order valence-electron chi connectivity index (χ1n) is 6.06. The van der Waals surface area contributed by atoms with Gasteiger partial charge in [-0.25, -0.2) is 0 Å². The monoisotopic (exact) mass is 284 g/mol. The third kappa shape index (κ3) is 3.40. The highest BCUT2D eigenvalue weighted by molar-refractivity contribution is 8.00. The summed E-state index contributed by atoms with van der Waals surface area (Å²) in [6.45, 7) is 2.31. The van der Waals surface area contributed by atoms with Crippen LogP contribution in [0.15, 0.2) is 29.2 Å². The first-order chi connectivity index (χ1) is 8.70. The molecule has 2 rings (SSSR count). The van der Waals surface area contributed by atoms with Crippen LogP contribution in [-0.4, -0.2) is 36.2 Å². The van der Waals surface area contributed by atoms with Gasteiger partial charge >= 0.3 is 0 Å². The number of thioether (sulfide) groups is 1. The minimum atomic E-state index is 0.177. The van der Waals surface area contributed by atoms with Gasteiger partial charge in [0, 0.05) is 18.0 Å². The molecule has 1 aliphatic rings. The third-order valence-electron chi connectivity index (χ3n) is 3.16. The quantitative estimate of drug-likeness (QED) is 0.863. The summed E-state index contributed by atoms with van der Waals surface area (Å²) >= 11 is 7.55. The molecule has 1 aromatic rings. The van der Waals surface area contributed by atoms with Crippen LogP contribution >= 0.6 is 23.4 Å². The van der Waals surface area contributed by atoms with Crippen LogP contribution in [0.3, 0.4) is 0 Å². The van der Waals surface area contributed by atoms with E-state index < -0.39 is 0 Å². The lowest BCUT2D eigenvalue weighted by Gasteiger charge is -2.16. The Morgan fingerprint density at radius 2 is 2.28 bits per heavy atom. The minimum absolute atomic E-state index is 0.177. The van der Waals surface area contributed by atoms with Gasteiger partial charge in [0.05, 0.1) is 10.8 Å². The SMILES string of the molecule is NCC1CCN(C(=O)CSc2ccccc2Cl)C1. The summed E-state index contributed by atoms with van der Waals surface area (Å²) in [6, 6.07) is 7.60. The van der Waals surface area contributed by atoms with E-state index in [1.165, 1.54) is 11.8 Å². The number of rotatable bonds is 4. The number of hydrogen-bond acceptors (Lipinski definition) is 3. The summed E-state index contributed by atoms with van der Waals surface area (Å²) in [5.74, 6) is 1.09. The molecule has 0 aromatic heterocycles. The van der Waals surface area contributed by atoms with Crippen LogP contribution < -0.4 is 5.73 Å². The average molecular weight is 285 g/mol. The van der Waals surface area contributed by atoms with E-state index in [1.54, 1.807) is 0 Å². The second-order valence-corrected chi connectivity index (χ2v) is 5.87. The van der Waals surface area contributed by atoms with Crippen LogP contribution in [0.4, 0.5) is 0 Å². The number of nitrogens with two attached hydrogens (primary N) is 1. The van der Waals surface area contributed by atoms with Gasteiger partial charge in [0.15, 0.2) is 0 Å². The lowest BCUT2D eigenvalue weighted by Crippen LogP contribution is -2.31. The Morgan fingerprint density at radius 1 is 1.50 bits per heavy atom. The van der Waals surface area contributed by atoms with Crippen molar-refractivity contribution in [3.05, 3.63) is 29.3 Å². The van der Waals surface area contributed by atoms with E-state index in [4.69, 9.17) is 17.3 Å². The van der Waals surface area contributed by atoms with E-state index in [2.05, 4.69) is 0 Å². The second-order valence-electron chi connectivity index (χ2n) is 4.45. The first-order valence-corrected chi connectivity index (χ1v) is 7.42. The number of benzene rings is 1. The molecule has 0 spiro atoms. The van der Waals surface area contributed by atoms with Gasteiger partial charge in [0.1, 0.15) is 0 Å². The molecule has 0 aliphatic carbocycles. The molecule has 1 unspecified atom stereocenters. The van der Waals surface area contributed by atoms with Crippen LogP contribution in [0.5, 0.6) is 0 Å². The number of likely N-dealkylation sites (tertiary alicyclic amines) is 1. The maximum Gasteiger partial charge on any atom is 0.232 e. The molecule has 2 N–H and O–H groups in total. The van der Waals surface area contributed by atoms with Crippen molar-refractivity contribution in [2.45, 2.75) is 11.3 Å². The minimum Gasteiger partial charge on any atom is -0.342 e. The average Bonchev–Trinajstić information content (AvgIpc) is 2.86. The van der Waals surface area contributed by atoms with Gasteiger partial charge in [-0.3, -0.25) is 4.79 Å². The van der Waals surface area contributed by atoms with E-state index in [1.807, 2.05) is 29.2 Å². The van der Waals surface area contributed by atoms with Crippen molar-refractivity contribution in [3.8, 4) is 0 Å². The zero-order valence-corrected chi connectivity index (χ0v) is 11.7. The first kappa shape index (κ1) is 13.7. The van der Waals surface area contributed by atoms with Gasteiger partial charge in [-0.1, -0.05) is 23.7 Å². The number of carbonyl (C=O) groups is 1. The van der Waals surface area contributed by atoms with Crippen molar-refractivity contribution in [3.63, 3.8) is 0 Å². The molecule has 1 aliphatic heterocycles. The third-order valence-corrected chi connectivity index (χ3v) is 4.66. The number of hydrogen-bond donors (Lipinski definition) is 1. The van der Waals surface area contributed by atoms with E-state index in [9.17, 15) is 4.79 Å². The van der Waals surface area contributed by atoms with Crippen molar-refractivity contribution in [2.75, 3.05) is 25.4 Å². The zero-order chi connectivity index (χ0) is 13.0. The number of carbonyl (C=O) groups excluding carboxylic acids is 1. The zero-order valence-electron chi connectivity index (χ0n) is 10.1. The summed E-state index contributed by atoms with van der Waals surface area (Å²) < 4.78 is 0. The second kappa shape index (κ2) is 6.45.